The highest BCUT2D eigenvalue weighted by atomic mass is 79.9. The summed E-state index contributed by atoms with van der Waals surface area (Å²) in [5.41, 5.74) is 2.32. The van der Waals surface area contributed by atoms with Gasteiger partial charge in [-0.3, -0.25) is 9.59 Å². The van der Waals surface area contributed by atoms with Crippen molar-refractivity contribution in [1.29, 1.82) is 0 Å². The number of nitrogens with zero attached hydrogens (tertiary/aromatic N) is 1. The van der Waals surface area contributed by atoms with Crippen LogP contribution in [0.4, 0.5) is 11.4 Å². The molecule has 5 nitrogen and oxygen atoms in total. The Morgan fingerprint density at radius 1 is 1.16 bits per heavy atom. The summed E-state index contributed by atoms with van der Waals surface area (Å²) in [7, 11) is 1.70. The lowest BCUT2D eigenvalue weighted by Crippen LogP contribution is -2.23. The van der Waals surface area contributed by atoms with E-state index in [0.29, 0.717) is 11.4 Å². The fourth-order valence-electron chi connectivity index (χ4n) is 2.16. The van der Waals surface area contributed by atoms with Crippen LogP contribution < -0.4 is 15.0 Å². The van der Waals surface area contributed by atoms with E-state index in [1.165, 1.54) is 11.8 Å². The van der Waals surface area contributed by atoms with Gasteiger partial charge in [0, 0.05) is 29.8 Å². The number of carbonyl (C=O) groups excluding carboxylic acids is 2. The number of rotatable bonds is 5. The summed E-state index contributed by atoms with van der Waals surface area (Å²) in [6.07, 6.45) is 0. The Morgan fingerprint density at radius 2 is 1.80 bits per heavy atom. The maximum absolute atomic E-state index is 12.1. The van der Waals surface area contributed by atoms with E-state index >= 15 is 0 Å². The fourth-order valence-corrected chi connectivity index (χ4v) is 3.71. The second kappa shape index (κ2) is 8.49. The normalized spacial score (nSPS) is 10.3. The van der Waals surface area contributed by atoms with Gasteiger partial charge in [-0.15, -0.1) is 0 Å². The molecule has 0 radical (unpaired) electrons. The SMILES string of the molecule is CC(=O)N(C)c1ccc(NC(=O)COc2c(C)cc(Br)cc2Br)cc1. The third-order valence-corrected chi connectivity index (χ3v) is 4.60. The van der Waals surface area contributed by atoms with Crippen LogP contribution in [0.2, 0.25) is 0 Å². The number of benzene rings is 2. The molecule has 2 rings (SSSR count). The van der Waals surface area contributed by atoms with Crippen LogP contribution in [0.1, 0.15) is 12.5 Å². The highest BCUT2D eigenvalue weighted by molar-refractivity contribution is 9.11. The Morgan fingerprint density at radius 3 is 2.36 bits per heavy atom. The molecule has 0 aromatic heterocycles. The smallest absolute Gasteiger partial charge is 0.262 e. The number of halogens is 2. The van der Waals surface area contributed by atoms with Crippen molar-refractivity contribution in [3.63, 3.8) is 0 Å². The maximum atomic E-state index is 12.1. The number of nitrogens with one attached hydrogen (secondary N) is 1. The van der Waals surface area contributed by atoms with Crippen molar-refractivity contribution in [1.82, 2.24) is 0 Å². The Labute approximate surface area is 163 Å². The first-order valence-electron chi connectivity index (χ1n) is 7.50. The minimum Gasteiger partial charge on any atom is -0.482 e. The summed E-state index contributed by atoms with van der Waals surface area (Å²) >= 11 is 6.84. The van der Waals surface area contributed by atoms with Crippen LogP contribution in [0.3, 0.4) is 0 Å². The van der Waals surface area contributed by atoms with E-state index in [1.54, 1.807) is 31.3 Å². The quantitative estimate of drug-likeness (QED) is 0.700. The van der Waals surface area contributed by atoms with E-state index in [9.17, 15) is 9.59 Å². The van der Waals surface area contributed by atoms with Crippen LogP contribution in [-0.2, 0) is 9.59 Å². The van der Waals surface area contributed by atoms with Crippen LogP contribution in [-0.4, -0.2) is 25.5 Å². The molecule has 132 valence electrons. The van der Waals surface area contributed by atoms with Gasteiger partial charge in [0.1, 0.15) is 5.75 Å². The number of anilines is 2. The number of hydrogen-bond acceptors (Lipinski definition) is 3. The van der Waals surface area contributed by atoms with Gasteiger partial charge in [0.2, 0.25) is 5.91 Å². The summed E-state index contributed by atoms with van der Waals surface area (Å²) in [5, 5.41) is 2.77. The third kappa shape index (κ3) is 5.31. The van der Waals surface area contributed by atoms with Crippen LogP contribution in [0, 0.1) is 6.92 Å². The molecule has 0 fully saturated rings. The summed E-state index contributed by atoms with van der Waals surface area (Å²) in [6.45, 7) is 3.30. The van der Waals surface area contributed by atoms with Crippen LogP contribution in [0.15, 0.2) is 45.3 Å². The molecular weight excluding hydrogens is 452 g/mol. The van der Waals surface area contributed by atoms with Gasteiger partial charge in [0.05, 0.1) is 4.47 Å². The molecule has 0 spiro atoms. The molecule has 0 aliphatic heterocycles. The van der Waals surface area contributed by atoms with Crippen molar-refractivity contribution in [2.75, 3.05) is 23.9 Å². The number of aryl methyl sites for hydroxylation is 1. The molecule has 0 saturated carbocycles. The van der Waals surface area contributed by atoms with Crippen molar-refractivity contribution in [2.24, 2.45) is 0 Å². The Balaban J connectivity index is 1.96. The zero-order chi connectivity index (χ0) is 18.6. The minimum atomic E-state index is -0.262. The van der Waals surface area contributed by atoms with Crippen LogP contribution >= 0.6 is 31.9 Å². The van der Waals surface area contributed by atoms with Gasteiger partial charge in [0.25, 0.3) is 5.91 Å². The average Bonchev–Trinajstić information content (AvgIpc) is 2.53. The first kappa shape index (κ1) is 19.5. The topological polar surface area (TPSA) is 58.6 Å². The van der Waals surface area contributed by atoms with E-state index in [0.717, 1.165) is 20.2 Å². The highest BCUT2D eigenvalue weighted by Crippen LogP contribution is 2.32. The van der Waals surface area contributed by atoms with E-state index in [1.807, 2.05) is 19.1 Å². The number of carbonyl (C=O) groups is 2. The van der Waals surface area contributed by atoms with E-state index in [-0.39, 0.29) is 18.4 Å². The van der Waals surface area contributed by atoms with Crippen molar-refractivity contribution in [2.45, 2.75) is 13.8 Å². The van der Waals surface area contributed by atoms with Crippen LogP contribution in [0.5, 0.6) is 5.75 Å². The van der Waals surface area contributed by atoms with Crippen molar-refractivity contribution < 1.29 is 14.3 Å². The summed E-state index contributed by atoms with van der Waals surface area (Å²) in [6, 6.07) is 10.8. The van der Waals surface area contributed by atoms with Gasteiger partial charge in [0.15, 0.2) is 6.61 Å². The molecule has 0 atom stereocenters. The summed E-state index contributed by atoms with van der Waals surface area (Å²) in [5.74, 6) is 0.319. The highest BCUT2D eigenvalue weighted by Gasteiger charge is 2.10. The molecule has 0 unspecified atom stereocenters. The minimum absolute atomic E-state index is 0.0550. The summed E-state index contributed by atoms with van der Waals surface area (Å²) < 4.78 is 7.33. The van der Waals surface area contributed by atoms with Crippen molar-refractivity contribution >= 4 is 55.0 Å². The lowest BCUT2D eigenvalue weighted by molar-refractivity contribution is -0.118. The van der Waals surface area contributed by atoms with E-state index < -0.39 is 0 Å². The van der Waals surface area contributed by atoms with Crippen molar-refractivity contribution in [3.05, 3.63) is 50.9 Å². The Bertz CT molecular complexity index is 768. The second-order valence-electron chi connectivity index (χ2n) is 5.50. The molecule has 0 saturated heterocycles. The molecule has 2 amide bonds. The molecule has 0 aliphatic carbocycles. The largest absolute Gasteiger partial charge is 0.482 e. The van der Waals surface area contributed by atoms with Gasteiger partial charge < -0.3 is 15.0 Å². The van der Waals surface area contributed by atoms with E-state index in [2.05, 4.69) is 37.2 Å². The fraction of sp³-hybridized carbons (Fsp3) is 0.222. The summed E-state index contributed by atoms with van der Waals surface area (Å²) in [4.78, 5) is 24.9. The van der Waals surface area contributed by atoms with E-state index in [4.69, 9.17) is 4.74 Å². The first-order valence-corrected chi connectivity index (χ1v) is 9.09. The molecule has 1 N–H and O–H groups in total. The standard InChI is InChI=1S/C18H18Br2N2O3/c1-11-8-13(19)9-16(20)18(11)25-10-17(24)21-14-4-6-15(7-5-14)22(3)12(2)23/h4-9H,10H2,1-3H3,(H,21,24). The first-order chi connectivity index (χ1) is 11.8. The van der Waals surface area contributed by atoms with Gasteiger partial charge in [-0.1, -0.05) is 15.9 Å². The number of amides is 2. The molecule has 25 heavy (non-hydrogen) atoms. The van der Waals surface area contributed by atoms with Gasteiger partial charge in [-0.2, -0.15) is 0 Å². The molecule has 0 heterocycles. The molecule has 2 aromatic carbocycles. The van der Waals surface area contributed by atoms with Crippen molar-refractivity contribution in [3.8, 4) is 5.75 Å². The second-order valence-corrected chi connectivity index (χ2v) is 7.27. The number of hydrogen-bond donors (Lipinski definition) is 1. The lowest BCUT2D eigenvalue weighted by Gasteiger charge is -2.15. The molecular formula is C18H18Br2N2O3. The predicted molar refractivity (Wildman–Crippen MR) is 106 cm³/mol. The lowest BCUT2D eigenvalue weighted by atomic mass is 10.2. The number of ether oxygens (including phenoxy) is 1. The maximum Gasteiger partial charge on any atom is 0.262 e. The predicted octanol–water partition coefficient (Wildman–Crippen LogP) is 4.52. The zero-order valence-electron chi connectivity index (χ0n) is 14.1. The Hall–Kier alpha value is -1.86. The van der Waals surface area contributed by atoms with Gasteiger partial charge in [-0.25, -0.2) is 0 Å². The van der Waals surface area contributed by atoms with Crippen LogP contribution in [0.25, 0.3) is 0 Å². The average molecular weight is 470 g/mol. The van der Waals surface area contributed by atoms with Gasteiger partial charge >= 0.3 is 0 Å². The molecule has 7 heteroatoms. The molecule has 0 bridgehead atoms. The molecule has 0 aliphatic rings. The Kier molecular flexibility index (Phi) is 6.61. The monoisotopic (exact) mass is 468 g/mol. The molecule has 2 aromatic rings. The zero-order valence-corrected chi connectivity index (χ0v) is 17.3. The van der Waals surface area contributed by atoms with Gasteiger partial charge in [-0.05, 0) is 64.8 Å². The third-order valence-electron chi connectivity index (χ3n) is 3.55.